The Balaban J connectivity index is 2.05. The van der Waals surface area contributed by atoms with E-state index in [4.69, 9.17) is 11.6 Å². The van der Waals surface area contributed by atoms with Crippen LogP contribution in [0.2, 0.25) is 0 Å². The molecule has 0 radical (unpaired) electrons. The first-order chi connectivity index (χ1) is 19.3. The molecule has 1 aromatic heterocycles. The molecule has 0 spiro atoms. The van der Waals surface area contributed by atoms with Gasteiger partial charge in [0.05, 0.1) is 5.52 Å². The third-order valence-electron chi connectivity index (χ3n) is 9.91. The van der Waals surface area contributed by atoms with Crippen LogP contribution < -0.4 is 0 Å². The zero-order valence-corrected chi connectivity index (χ0v) is 27.2. The molecule has 1 heterocycles. The monoisotopic (exact) mass is 547 g/mol. The normalized spacial score (nSPS) is 19.2. The number of fused-ring (bicyclic) bond motifs is 2. The van der Waals surface area contributed by atoms with Crippen LogP contribution in [0.4, 0.5) is 0 Å². The average molecular weight is 548 g/mol. The van der Waals surface area contributed by atoms with E-state index in [1.165, 1.54) is 39.8 Å². The maximum Gasteiger partial charge on any atom is 0.0735 e. The van der Waals surface area contributed by atoms with Gasteiger partial charge in [-0.3, -0.25) is 4.98 Å². The van der Waals surface area contributed by atoms with Crippen LogP contribution in [0.5, 0.6) is 0 Å². The lowest BCUT2D eigenvalue weighted by atomic mass is 9.66. The quantitative estimate of drug-likeness (QED) is 0.241. The number of benzene rings is 1. The van der Waals surface area contributed by atoms with Crippen LogP contribution in [0.3, 0.4) is 0 Å². The maximum atomic E-state index is 5.21. The van der Waals surface area contributed by atoms with E-state index in [0.717, 1.165) is 47.9 Å². The molecule has 3 rings (SSSR count). The Kier molecular flexibility index (Phi) is 10.4. The molecular weight excluding hydrogens is 494 g/mol. The van der Waals surface area contributed by atoms with Gasteiger partial charge in [0.15, 0.2) is 0 Å². The molecule has 1 nitrogen and oxygen atoms in total. The second-order valence-electron chi connectivity index (χ2n) is 13.3. The van der Waals surface area contributed by atoms with Crippen LogP contribution in [-0.4, -0.2) is 4.98 Å². The predicted molar refractivity (Wildman–Crippen MR) is 183 cm³/mol. The van der Waals surface area contributed by atoms with Crippen molar-refractivity contribution in [3.63, 3.8) is 0 Å². The third-order valence-corrected chi connectivity index (χ3v) is 9.91. The van der Waals surface area contributed by atoms with Crippen molar-refractivity contribution in [2.45, 2.75) is 87.5 Å². The van der Waals surface area contributed by atoms with Crippen molar-refractivity contribution >= 4 is 16.5 Å². The molecule has 0 bridgehead atoms. The molecule has 0 amide bonds. The van der Waals surface area contributed by atoms with E-state index in [-0.39, 0.29) is 11.3 Å². The van der Waals surface area contributed by atoms with Gasteiger partial charge in [-0.15, -0.1) is 0 Å². The highest BCUT2D eigenvalue weighted by molar-refractivity contribution is 5.87. The van der Waals surface area contributed by atoms with Crippen LogP contribution in [0, 0.1) is 29.6 Å². The van der Waals surface area contributed by atoms with E-state index in [2.05, 4.69) is 105 Å². The number of aromatic nitrogens is 1. The fraction of sp³-hybridized carbons (Fsp3) is 0.425. The first kappa shape index (κ1) is 32.3. The molecule has 0 saturated heterocycles. The number of nitrogens with zero attached hydrogens (tertiary/aromatic N) is 1. The Morgan fingerprint density at radius 2 is 1.78 bits per heavy atom. The fourth-order valence-corrected chi connectivity index (χ4v) is 6.46. The minimum absolute atomic E-state index is 0.173. The summed E-state index contributed by atoms with van der Waals surface area (Å²) >= 11 is 0. The lowest BCUT2D eigenvalue weighted by molar-refractivity contribution is 0.186. The number of allylic oxidation sites excluding steroid dienone is 10. The Bertz CT molecular complexity index is 1420. The van der Waals surface area contributed by atoms with E-state index < -0.39 is 0 Å². The standard InChI is InChI=1S/C40H53N/c1-13-17-31(15-3)28(7)19-20-32(16-4)36(18-14-2)39(10,11)30(9)33-23-29(8)38-34(24-33)25-35-26-40(12,27(5)6)22-21-37(35)41-38/h13,15-17,19-20,23-25,27,36H,1,3-4,9,14,18,21-22,26H2,2,5-8,10-12H3/b28-19+,31-17+,32-20+/t36-,40-/m1/s1. The van der Waals surface area contributed by atoms with E-state index in [0.29, 0.717) is 11.3 Å². The molecule has 1 aromatic carbocycles. The topological polar surface area (TPSA) is 12.9 Å². The van der Waals surface area contributed by atoms with Crippen molar-refractivity contribution in [3.8, 4) is 0 Å². The predicted octanol–water partition coefficient (Wildman–Crippen LogP) is 11.5. The number of hydrogen-bond acceptors (Lipinski definition) is 1. The van der Waals surface area contributed by atoms with Gasteiger partial charge in [-0.25, -0.2) is 0 Å². The zero-order chi connectivity index (χ0) is 30.5. The second-order valence-corrected chi connectivity index (χ2v) is 13.3. The van der Waals surface area contributed by atoms with Crippen molar-refractivity contribution in [2.75, 3.05) is 0 Å². The average Bonchev–Trinajstić information content (AvgIpc) is 2.93. The van der Waals surface area contributed by atoms with Crippen LogP contribution >= 0.6 is 0 Å². The fourth-order valence-electron chi connectivity index (χ4n) is 6.46. The Morgan fingerprint density at radius 3 is 2.37 bits per heavy atom. The first-order valence-corrected chi connectivity index (χ1v) is 15.4. The van der Waals surface area contributed by atoms with E-state index in [9.17, 15) is 0 Å². The largest absolute Gasteiger partial charge is 0.252 e. The van der Waals surface area contributed by atoms with Gasteiger partial charge in [-0.2, -0.15) is 0 Å². The highest BCUT2D eigenvalue weighted by atomic mass is 14.7. The van der Waals surface area contributed by atoms with Gasteiger partial charge in [0.1, 0.15) is 0 Å². The van der Waals surface area contributed by atoms with E-state index in [1.807, 2.05) is 18.2 Å². The maximum absolute atomic E-state index is 5.21. The van der Waals surface area contributed by atoms with E-state index in [1.54, 1.807) is 6.08 Å². The lowest BCUT2D eigenvalue weighted by Gasteiger charge is -2.38. The molecule has 41 heavy (non-hydrogen) atoms. The van der Waals surface area contributed by atoms with Gasteiger partial charge in [-0.1, -0.05) is 111 Å². The molecule has 218 valence electrons. The molecule has 1 aliphatic carbocycles. The van der Waals surface area contributed by atoms with Crippen molar-refractivity contribution in [2.24, 2.45) is 22.7 Å². The van der Waals surface area contributed by atoms with Gasteiger partial charge in [0.25, 0.3) is 0 Å². The smallest absolute Gasteiger partial charge is 0.0735 e. The summed E-state index contributed by atoms with van der Waals surface area (Å²) in [6, 6.07) is 7.06. The van der Waals surface area contributed by atoms with Crippen molar-refractivity contribution in [1.82, 2.24) is 4.98 Å². The highest BCUT2D eigenvalue weighted by Gasteiger charge is 2.35. The van der Waals surface area contributed by atoms with Crippen molar-refractivity contribution in [3.05, 3.63) is 120 Å². The third kappa shape index (κ3) is 6.83. The summed E-state index contributed by atoms with van der Waals surface area (Å²) in [4.78, 5) is 5.21. The molecule has 0 fully saturated rings. The number of pyridine rings is 1. The van der Waals surface area contributed by atoms with Gasteiger partial charge in [0.2, 0.25) is 0 Å². The summed E-state index contributed by atoms with van der Waals surface area (Å²) in [5.41, 5.74) is 11.1. The molecule has 0 saturated carbocycles. The van der Waals surface area contributed by atoms with Crippen molar-refractivity contribution < 1.29 is 0 Å². The second kappa shape index (κ2) is 13.2. The minimum atomic E-state index is -0.173. The Hall–Kier alpha value is -3.19. The number of aryl methyl sites for hydroxylation is 2. The molecular formula is C40H53N. The number of hydrogen-bond donors (Lipinski definition) is 0. The van der Waals surface area contributed by atoms with Crippen LogP contribution in [0.25, 0.3) is 16.5 Å². The molecule has 0 unspecified atom stereocenters. The number of rotatable bonds is 12. The van der Waals surface area contributed by atoms with Gasteiger partial charge < -0.3 is 0 Å². The Morgan fingerprint density at radius 1 is 1.07 bits per heavy atom. The van der Waals surface area contributed by atoms with E-state index >= 15 is 0 Å². The summed E-state index contributed by atoms with van der Waals surface area (Å²) in [5.74, 6) is 0.934. The summed E-state index contributed by atoms with van der Waals surface area (Å²) in [6.45, 7) is 35.2. The molecule has 0 N–H and O–H groups in total. The lowest BCUT2D eigenvalue weighted by Crippen LogP contribution is -2.31. The van der Waals surface area contributed by atoms with Crippen molar-refractivity contribution in [1.29, 1.82) is 0 Å². The van der Waals surface area contributed by atoms with Gasteiger partial charge in [0, 0.05) is 11.1 Å². The minimum Gasteiger partial charge on any atom is -0.252 e. The molecule has 1 aliphatic rings. The molecule has 2 atom stereocenters. The highest BCUT2D eigenvalue weighted by Crippen LogP contribution is 2.47. The summed E-state index contributed by atoms with van der Waals surface area (Å²) < 4.78 is 0. The summed E-state index contributed by atoms with van der Waals surface area (Å²) in [6.07, 6.45) is 17.6. The van der Waals surface area contributed by atoms with Crippen LogP contribution in [0.1, 0.15) is 90.1 Å². The first-order valence-electron chi connectivity index (χ1n) is 15.4. The summed E-state index contributed by atoms with van der Waals surface area (Å²) in [5, 5.41) is 1.24. The molecule has 2 aromatic rings. The van der Waals surface area contributed by atoms with Gasteiger partial charge >= 0.3 is 0 Å². The molecule has 1 heteroatoms. The summed E-state index contributed by atoms with van der Waals surface area (Å²) in [7, 11) is 0. The van der Waals surface area contributed by atoms with Crippen LogP contribution in [0.15, 0.2) is 97.7 Å². The molecule has 0 aliphatic heterocycles. The van der Waals surface area contributed by atoms with Crippen LogP contribution in [-0.2, 0) is 12.8 Å². The SMILES string of the molecule is C=C/C=C(C=C)/C(C)=C/C=C(\C=C)[C@@H](CCC)C(C)(C)C(=C)c1cc(C)c2nc3c(cc2c1)C[C@](C)(C(C)C)CC3. The Labute approximate surface area is 251 Å². The van der Waals surface area contributed by atoms with Gasteiger partial charge in [-0.05, 0) is 119 Å². The zero-order valence-electron chi connectivity index (χ0n) is 27.2.